The van der Waals surface area contributed by atoms with Gasteiger partial charge in [0, 0.05) is 26.7 Å². The number of nitrogens with one attached hydrogen (secondary N) is 1. The number of rotatable bonds is 10. The van der Waals surface area contributed by atoms with E-state index in [9.17, 15) is 14.4 Å². The van der Waals surface area contributed by atoms with Gasteiger partial charge in [-0.05, 0) is 27.3 Å². The Hall–Kier alpha value is -1.63. The lowest BCUT2D eigenvalue weighted by molar-refractivity contribution is -0.140. The van der Waals surface area contributed by atoms with E-state index in [0.717, 1.165) is 12.8 Å². The van der Waals surface area contributed by atoms with Crippen LogP contribution in [0.1, 0.15) is 33.6 Å². The summed E-state index contributed by atoms with van der Waals surface area (Å²) in [6.45, 7) is 6.93. The van der Waals surface area contributed by atoms with Gasteiger partial charge < -0.3 is 15.1 Å². The summed E-state index contributed by atoms with van der Waals surface area (Å²) in [5.74, 6) is -0.545. The van der Waals surface area contributed by atoms with Gasteiger partial charge in [0.05, 0.1) is 19.6 Å². The summed E-state index contributed by atoms with van der Waals surface area (Å²) < 4.78 is 0. The molecule has 23 heavy (non-hydrogen) atoms. The maximum absolute atomic E-state index is 12.1. The average molecular weight is 328 g/mol. The van der Waals surface area contributed by atoms with Crippen molar-refractivity contribution in [3.05, 3.63) is 0 Å². The highest BCUT2D eigenvalue weighted by Gasteiger charge is 2.19. The van der Waals surface area contributed by atoms with Gasteiger partial charge in [0.25, 0.3) is 0 Å². The second-order valence-corrected chi connectivity index (χ2v) is 6.21. The average Bonchev–Trinajstić information content (AvgIpc) is 2.46. The first kappa shape index (κ1) is 21.4. The predicted molar refractivity (Wildman–Crippen MR) is 91.0 cm³/mol. The molecule has 0 aromatic heterocycles. The van der Waals surface area contributed by atoms with Crippen molar-refractivity contribution in [3.63, 3.8) is 0 Å². The third kappa shape index (κ3) is 9.18. The van der Waals surface area contributed by atoms with Gasteiger partial charge in [-0.3, -0.25) is 19.3 Å². The molecular formula is C16H32N4O3. The fourth-order valence-corrected chi connectivity index (χ4v) is 1.69. The third-order valence-corrected chi connectivity index (χ3v) is 3.72. The topological polar surface area (TPSA) is 73.0 Å². The van der Waals surface area contributed by atoms with E-state index in [2.05, 4.69) is 5.32 Å². The quantitative estimate of drug-likeness (QED) is 0.580. The summed E-state index contributed by atoms with van der Waals surface area (Å²) >= 11 is 0. The Bertz CT molecular complexity index is 399. The van der Waals surface area contributed by atoms with E-state index >= 15 is 0 Å². The Morgan fingerprint density at radius 3 is 1.96 bits per heavy atom. The van der Waals surface area contributed by atoms with Crippen LogP contribution < -0.4 is 5.32 Å². The second-order valence-electron chi connectivity index (χ2n) is 6.21. The number of unbranched alkanes of at least 4 members (excludes halogenated alkanes) is 1. The first-order valence-electron chi connectivity index (χ1n) is 8.13. The molecule has 0 heterocycles. The maximum Gasteiger partial charge on any atom is 0.242 e. The SMILES string of the molecule is CCCCNC(=O)CN(C)C(=O)CN(C)C(=O)CN(C)C(C)C. The van der Waals surface area contributed by atoms with Crippen LogP contribution in [0, 0.1) is 0 Å². The van der Waals surface area contributed by atoms with Crippen molar-refractivity contribution in [1.82, 2.24) is 20.0 Å². The molecule has 7 heteroatoms. The predicted octanol–water partition coefficient (Wildman–Crippen LogP) is 0.160. The molecular weight excluding hydrogens is 296 g/mol. The number of carbonyl (C=O) groups is 3. The molecule has 1 N–H and O–H groups in total. The van der Waals surface area contributed by atoms with E-state index in [1.165, 1.54) is 9.80 Å². The molecule has 0 aromatic carbocycles. The van der Waals surface area contributed by atoms with Gasteiger partial charge in [0.2, 0.25) is 17.7 Å². The minimum Gasteiger partial charge on any atom is -0.355 e. The van der Waals surface area contributed by atoms with Crippen LogP contribution in [0.15, 0.2) is 0 Å². The summed E-state index contributed by atoms with van der Waals surface area (Å²) in [4.78, 5) is 40.5. The number of amides is 3. The molecule has 0 aliphatic heterocycles. The summed E-state index contributed by atoms with van der Waals surface area (Å²) in [7, 11) is 5.04. The van der Waals surface area contributed by atoms with Gasteiger partial charge in [-0.25, -0.2) is 0 Å². The van der Waals surface area contributed by atoms with E-state index in [1.54, 1.807) is 14.1 Å². The Morgan fingerprint density at radius 1 is 0.913 bits per heavy atom. The van der Waals surface area contributed by atoms with Crippen molar-refractivity contribution in [2.45, 2.75) is 39.7 Å². The van der Waals surface area contributed by atoms with Crippen molar-refractivity contribution in [3.8, 4) is 0 Å². The number of carbonyl (C=O) groups excluding carboxylic acids is 3. The molecule has 0 bridgehead atoms. The van der Waals surface area contributed by atoms with Crippen molar-refractivity contribution in [2.75, 3.05) is 47.3 Å². The highest BCUT2D eigenvalue weighted by molar-refractivity contribution is 5.88. The highest BCUT2D eigenvalue weighted by Crippen LogP contribution is 1.97. The lowest BCUT2D eigenvalue weighted by Gasteiger charge is -2.25. The number of hydrogen-bond donors (Lipinski definition) is 1. The summed E-state index contributed by atoms with van der Waals surface area (Å²) in [5, 5.41) is 2.76. The Morgan fingerprint density at radius 2 is 1.43 bits per heavy atom. The molecule has 3 amide bonds. The summed E-state index contributed by atoms with van der Waals surface area (Å²) in [6, 6.07) is 0.262. The summed E-state index contributed by atoms with van der Waals surface area (Å²) in [5.41, 5.74) is 0. The van der Waals surface area contributed by atoms with Crippen LogP contribution in [-0.2, 0) is 14.4 Å². The van der Waals surface area contributed by atoms with Gasteiger partial charge in [0.1, 0.15) is 0 Å². The van der Waals surface area contributed by atoms with E-state index in [4.69, 9.17) is 0 Å². The van der Waals surface area contributed by atoms with Crippen LogP contribution in [0.2, 0.25) is 0 Å². The van der Waals surface area contributed by atoms with E-state index in [0.29, 0.717) is 6.54 Å². The molecule has 0 saturated carbocycles. The van der Waals surface area contributed by atoms with Gasteiger partial charge in [-0.1, -0.05) is 13.3 Å². The lowest BCUT2D eigenvalue weighted by Crippen LogP contribution is -2.46. The first-order valence-corrected chi connectivity index (χ1v) is 8.13. The molecule has 0 fully saturated rings. The molecule has 0 atom stereocenters. The van der Waals surface area contributed by atoms with Crippen LogP contribution in [0.5, 0.6) is 0 Å². The summed E-state index contributed by atoms with van der Waals surface area (Å²) in [6.07, 6.45) is 1.93. The van der Waals surface area contributed by atoms with Crippen LogP contribution >= 0.6 is 0 Å². The molecule has 0 saturated heterocycles. The van der Waals surface area contributed by atoms with E-state index in [1.807, 2.05) is 32.7 Å². The van der Waals surface area contributed by atoms with Crippen LogP contribution in [0.25, 0.3) is 0 Å². The maximum atomic E-state index is 12.1. The zero-order valence-electron chi connectivity index (χ0n) is 15.4. The minimum atomic E-state index is -0.251. The third-order valence-electron chi connectivity index (χ3n) is 3.72. The molecule has 134 valence electrons. The smallest absolute Gasteiger partial charge is 0.242 e. The van der Waals surface area contributed by atoms with Crippen LogP contribution in [0.4, 0.5) is 0 Å². The normalized spacial score (nSPS) is 10.8. The van der Waals surface area contributed by atoms with Crippen molar-refractivity contribution in [2.24, 2.45) is 0 Å². The lowest BCUT2D eigenvalue weighted by atomic mass is 10.3. The van der Waals surface area contributed by atoms with Crippen LogP contribution in [0.3, 0.4) is 0 Å². The van der Waals surface area contributed by atoms with Crippen molar-refractivity contribution < 1.29 is 14.4 Å². The van der Waals surface area contributed by atoms with Gasteiger partial charge >= 0.3 is 0 Å². The molecule has 7 nitrogen and oxygen atoms in total. The fraction of sp³-hybridized carbons (Fsp3) is 0.812. The van der Waals surface area contributed by atoms with Crippen molar-refractivity contribution >= 4 is 17.7 Å². The van der Waals surface area contributed by atoms with E-state index < -0.39 is 0 Å². The van der Waals surface area contributed by atoms with Gasteiger partial charge in [-0.15, -0.1) is 0 Å². The Kier molecular flexibility index (Phi) is 10.2. The van der Waals surface area contributed by atoms with Crippen LogP contribution in [-0.4, -0.2) is 85.8 Å². The Balaban J connectivity index is 4.24. The fourth-order valence-electron chi connectivity index (χ4n) is 1.69. The van der Waals surface area contributed by atoms with Gasteiger partial charge in [-0.2, -0.15) is 0 Å². The Labute approximate surface area is 140 Å². The second kappa shape index (κ2) is 11.0. The zero-order valence-corrected chi connectivity index (χ0v) is 15.4. The standard InChI is InChI=1S/C16H32N4O3/c1-7-8-9-17-14(21)10-19(5)16(23)12-20(6)15(22)11-18(4)13(2)3/h13H,7-12H2,1-6H3,(H,17,21). The molecule has 0 aromatic rings. The molecule has 0 spiro atoms. The monoisotopic (exact) mass is 328 g/mol. The molecule has 0 aliphatic rings. The van der Waals surface area contributed by atoms with E-state index in [-0.39, 0.29) is 43.4 Å². The highest BCUT2D eigenvalue weighted by atomic mass is 16.2. The number of likely N-dealkylation sites (N-methyl/N-ethyl adjacent to an activating group) is 3. The largest absolute Gasteiger partial charge is 0.355 e. The van der Waals surface area contributed by atoms with Crippen molar-refractivity contribution in [1.29, 1.82) is 0 Å². The molecule has 0 rings (SSSR count). The van der Waals surface area contributed by atoms with Gasteiger partial charge in [0.15, 0.2) is 0 Å². The molecule has 0 radical (unpaired) electrons. The molecule has 0 unspecified atom stereocenters. The number of nitrogens with zero attached hydrogens (tertiary/aromatic N) is 3. The zero-order chi connectivity index (χ0) is 18.0. The molecule has 0 aliphatic carbocycles. The minimum absolute atomic E-state index is 0.0104. The number of hydrogen-bond acceptors (Lipinski definition) is 4. The first-order chi connectivity index (χ1) is 10.7.